The van der Waals surface area contributed by atoms with Crippen LogP contribution < -0.4 is 5.32 Å². The predicted molar refractivity (Wildman–Crippen MR) is 88.1 cm³/mol. The molecule has 21 heavy (non-hydrogen) atoms. The van der Waals surface area contributed by atoms with Gasteiger partial charge in [0.25, 0.3) is 0 Å². The lowest BCUT2D eigenvalue weighted by Gasteiger charge is -2.14. The highest BCUT2D eigenvalue weighted by Gasteiger charge is 2.18. The first kappa shape index (κ1) is 14.3. The molecule has 2 heteroatoms. The molecule has 0 spiro atoms. The zero-order valence-electron chi connectivity index (χ0n) is 12.8. The quantitative estimate of drug-likeness (QED) is 0.873. The van der Waals surface area contributed by atoms with Gasteiger partial charge in [0.1, 0.15) is 0 Å². The van der Waals surface area contributed by atoms with Gasteiger partial charge >= 0.3 is 0 Å². The van der Waals surface area contributed by atoms with Gasteiger partial charge in [-0.1, -0.05) is 55.5 Å². The van der Waals surface area contributed by atoms with Gasteiger partial charge < -0.3 is 5.32 Å². The van der Waals surface area contributed by atoms with E-state index >= 15 is 0 Å². The van der Waals surface area contributed by atoms with Gasteiger partial charge in [-0.3, -0.25) is 4.90 Å². The third kappa shape index (κ3) is 3.72. The van der Waals surface area contributed by atoms with Crippen LogP contribution in [0, 0.1) is 0 Å². The summed E-state index contributed by atoms with van der Waals surface area (Å²) in [7, 11) is 0. The Morgan fingerprint density at radius 2 is 1.76 bits per heavy atom. The van der Waals surface area contributed by atoms with Crippen LogP contribution in [0.25, 0.3) is 0 Å². The van der Waals surface area contributed by atoms with E-state index < -0.39 is 0 Å². The molecule has 0 atom stereocenters. The van der Waals surface area contributed by atoms with Gasteiger partial charge in [0.05, 0.1) is 0 Å². The van der Waals surface area contributed by atoms with Crippen molar-refractivity contribution in [3.63, 3.8) is 0 Å². The van der Waals surface area contributed by atoms with Crippen molar-refractivity contribution in [1.82, 2.24) is 10.2 Å². The van der Waals surface area contributed by atoms with E-state index in [1.807, 2.05) is 0 Å². The molecule has 0 fully saturated rings. The molecular formula is C19H24N2. The van der Waals surface area contributed by atoms with Gasteiger partial charge in [0, 0.05) is 26.2 Å². The Morgan fingerprint density at radius 3 is 2.57 bits per heavy atom. The Hall–Kier alpha value is -1.64. The molecule has 2 aromatic carbocycles. The number of nitrogens with one attached hydrogen (secondary N) is 1. The molecule has 0 saturated carbocycles. The summed E-state index contributed by atoms with van der Waals surface area (Å²) < 4.78 is 0. The normalized spacial score (nSPS) is 14.3. The third-order valence-electron chi connectivity index (χ3n) is 4.20. The summed E-state index contributed by atoms with van der Waals surface area (Å²) in [4.78, 5) is 2.55. The highest BCUT2D eigenvalue weighted by molar-refractivity contribution is 5.34. The van der Waals surface area contributed by atoms with Crippen molar-refractivity contribution in [2.75, 3.05) is 13.1 Å². The van der Waals surface area contributed by atoms with Crippen molar-refractivity contribution >= 4 is 0 Å². The van der Waals surface area contributed by atoms with Crippen LogP contribution in [0.3, 0.4) is 0 Å². The zero-order valence-corrected chi connectivity index (χ0v) is 12.8. The molecule has 0 aliphatic carbocycles. The minimum atomic E-state index is 0.980. The summed E-state index contributed by atoms with van der Waals surface area (Å²) in [6.45, 7) is 7.50. The van der Waals surface area contributed by atoms with Crippen molar-refractivity contribution in [3.8, 4) is 0 Å². The maximum atomic E-state index is 3.40. The van der Waals surface area contributed by atoms with Crippen LogP contribution in [0.5, 0.6) is 0 Å². The molecule has 0 bridgehead atoms. The molecule has 1 aliphatic rings. The van der Waals surface area contributed by atoms with E-state index in [-0.39, 0.29) is 0 Å². The van der Waals surface area contributed by atoms with Crippen molar-refractivity contribution < 1.29 is 0 Å². The average molecular weight is 280 g/mol. The molecule has 0 amide bonds. The van der Waals surface area contributed by atoms with Crippen molar-refractivity contribution in [3.05, 3.63) is 70.8 Å². The molecule has 1 heterocycles. The average Bonchev–Trinajstić information content (AvgIpc) is 2.94. The Kier molecular flexibility index (Phi) is 4.69. The first-order chi connectivity index (χ1) is 10.3. The van der Waals surface area contributed by atoms with Crippen LogP contribution in [-0.4, -0.2) is 18.0 Å². The molecule has 2 aromatic rings. The number of fused-ring (bicyclic) bond motifs is 1. The van der Waals surface area contributed by atoms with E-state index in [0.717, 1.165) is 39.1 Å². The minimum absolute atomic E-state index is 0.980. The van der Waals surface area contributed by atoms with Crippen LogP contribution >= 0.6 is 0 Å². The molecule has 0 saturated heterocycles. The summed E-state index contributed by atoms with van der Waals surface area (Å²) in [5.74, 6) is 0. The van der Waals surface area contributed by atoms with E-state index in [1.165, 1.54) is 22.3 Å². The van der Waals surface area contributed by atoms with Crippen LogP contribution in [0.1, 0.15) is 29.2 Å². The lowest BCUT2D eigenvalue weighted by Crippen LogP contribution is -2.19. The van der Waals surface area contributed by atoms with Crippen LogP contribution in [-0.2, 0) is 26.1 Å². The molecule has 0 radical (unpaired) electrons. The fraction of sp³-hybridized carbons (Fsp3) is 0.368. The van der Waals surface area contributed by atoms with Gasteiger partial charge in [-0.15, -0.1) is 0 Å². The van der Waals surface area contributed by atoms with Crippen molar-refractivity contribution in [1.29, 1.82) is 0 Å². The van der Waals surface area contributed by atoms with Gasteiger partial charge in [-0.2, -0.15) is 0 Å². The van der Waals surface area contributed by atoms with Crippen molar-refractivity contribution in [2.24, 2.45) is 0 Å². The molecule has 3 rings (SSSR count). The second-order valence-electron chi connectivity index (χ2n) is 5.83. The fourth-order valence-corrected chi connectivity index (χ4v) is 2.99. The minimum Gasteiger partial charge on any atom is -0.313 e. The number of nitrogens with zero attached hydrogens (tertiary/aromatic N) is 1. The molecular weight excluding hydrogens is 256 g/mol. The summed E-state index contributed by atoms with van der Waals surface area (Å²) in [6, 6.07) is 17.7. The third-order valence-corrected chi connectivity index (χ3v) is 4.20. The second-order valence-corrected chi connectivity index (χ2v) is 5.83. The maximum absolute atomic E-state index is 3.40. The number of hydrogen-bond acceptors (Lipinski definition) is 2. The van der Waals surface area contributed by atoms with Crippen LogP contribution in [0.2, 0.25) is 0 Å². The lowest BCUT2D eigenvalue weighted by molar-refractivity contribution is 0.288. The Balaban J connectivity index is 1.57. The zero-order chi connectivity index (χ0) is 14.5. The topological polar surface area (TPSA) is 15.3 Å². The first-order valence-electron chi connectivity index (χ1n) is 7.93. The molecule has 1 aliphatic heterocycles. The summed E-state index contributed by atoms with van der Waals surface area (Å²) in [5.41, 5.74) is 5.85. The smallest absolute Gasteiger partial charge is 0.0240 e. The highest BCUT2D eigenvalue weighted by atomic mass is 15.1. The number of rotatable bonds is 6. The monoisotopic (exact) mass is 280 g/mol. The number of hydrogen-bond donors (Lipinski definition) is 1. The molecule has 0 aromatic heterocycles. The molecule has 2 nitrogen and oxygen atoms in total. The Labute approximate surface area is 127 Å². The lowest BCUT2D eigenvalue weighted by atomic mass is 10.1. The van der Waals surface area contributed by atoms with Gasteiger partial charge in [0.2, 0.25) is 0 Å². The maximum Gasteiger partial charge on any atom is 0.0240 e. The largest absolute Gasteiger partial charge is 0.313 e. The summed E-state index contributed by atoms with van der Waals surface area (Å²) in [6.07, 6.45) is 1.14. The van der Waals surface area contributed by atoms with E-state index in [1.54, 1.807) is 0 Å². The molecule has 0 unspecified atom stereocenters. The predicted octanol–water partition coefficient (Wildman–Crippen LogP) is 3.35. The van der Waals surface area contributed by atoms with E-state index in [2.05, 4.69) is 65.7 Å². The van der Waals surface area contributed by atoms with Crippen LogP contribution in [0.15, 0.2) is 48.5 Å². The Morgan fingerprint density at radius 1 is 0.952 bits per heavy atom. The molecule has 110 valence electrons. The van der Waals surface area contributed by atoms with Gasteiger partial charge in [-0.25, -0.2) is 0 Å². The standard InChI is InChI=1S/C19H24N2/c1-2-20-13-17-8-9-18-14-21(15-19(18)12-17)11-10-16-6-4-3-5-7-16/h3-9,12,20H,2,10-11,13-15H2,1H3. The first-order valence-corrected chi connectivity index (χ1v) is 7.93. The van der Waals surface area contributed by atoms with Crippen molar-refractivity contribution in [2.45, 2.75) is 33.0 Å². The van der Waals surface area contributed by atoms with Gasteiger partial charge in [0.15, 0.2) is 0 Å². The number of benzene rings is 2. The van der Waals surface area contributed by atoms with E-state index in [0.29, 0.717) is 0 Å². The van der Waals surface area contributed by atoms with E-state index in [9.17, 15) is 0 Å². The summed E-state index contributed by atoms with van der Waals surface area (Å²) in [5, 5.41) is 3.40. The van der Waals surface area contributed by atoms with E-state index in [4.69, 9.17) is 0 Å². The SMILES string of the molecule is CCNCc1ccc2c(c1)CN(CCc1ccccc1)C2. The summed E-state index contributed by atoms with van der Waals surface area (Å²) >= 11 is 0. The fourth-order valence-electron chi connectivity index (χ4n) is 2.99. The highest BCUT2D eigenvalue weighted by Crippen LogP contribution is 2.24. The van der Waals surface area contributed by atoms with Gasteiger partial charge in [-0.05, 0) is 35.2 Å². The van der Waals surface area contributed by atoms with Crippen LogP contribution in [0.4, 0.5) is 0 Å². The molecule has 1 N–H and O–H groups in total. The Bertz CT molecular complexity index is 577. The second kappa shape index (κ2) is 6.88.